The first kappa shape index (κ1) is 21.8. The summed E-state index contributed by atoms with van der Waals surface area (Å²) in [7, 11) is 1.29. The summed E-state index contributed by atoms with van der Waals surface area (Å²) in [5, 5.41) is 2.75. The van der Waals surface area contributed by atoms with E-state index in [9.17, 15) is 9.59 Å². The molecule has 33 heavy (non-hydrogen) atoms. The number of hydrogen-bond donors (Lipinski definition) is 1. The second kappa shape index (κ2) is 9.82. The van der Waals surface area contributed by atoms with Gasteiger partial charge in [0.25, 0.3) is 5.91 Å². The zero-order chi connectivity index (χ0) is 23.2. The Morgan fingerprint density at radius 2 is 1.64 bits per heavy atom. The molecule has 0 aliphatic rings. The Bertz CT molecular complexity index is 1260. The van der Waals surface area contributed by atoms with E-state index in [1.54, 1.807) is 48.5 Å². The van der Waals surface area contributed by atoms with Crippen molar-refractivity contribution in [2.75, 3.05) is 12.4 Å². The van der Waals surface area contributed by atoms with Crippen LogP contribution in [0.4, 0.5) is 5.69 Å². The number of amides is 1. The molecule has 0 fully saturated rings. The second-order valence-electron chi connectivity index (χ2n) is 7.19. The summed E-state index contributed by atoms with van der Waals surface area (Å²) in [5.74, 6) is 1.00. The van der Waals surface area contributed by atoms with Gasteiger partial charge < -0.3 is 19.2 Å². The molecule has 7 nitrogen and oxygen atoms in total. The number of esters is 1. The highest BCUT2D eigenvalue weighted by Crippen LogP contribution is 2.24. The molecule has 0 unspecified atom stereocenters. The maximum Gasteiger partial charge on any atom is 0.339 e. The first-order valence-corrected chi connectivity index (χ1v) is 10.3. The standard InChI is InChI=1S/C26H22N2O5/c1-17-23(16-32-20-8-4-3-5-9-20)28-25(33-17)19-14-12-18(13-15-19)24(29)27-22-11-7-6-10-21(22)26(30)31-2/h3-15H,16H2,1-2H3,(H,27,29). The highest BCUT2D eigenvalue weighted by molar-refractivity contribution is 6.08. The van der Waals surface area contributed by atoms with Gasteiger partial charge in [-0.3, -0.25) is 4.79 Å². The number of para-hydroxylation sites is 2. The van der Waals surface area contributed by atoms with Crippen LogP contribution in [0.2, 0.25) is 0 Å². The summed E-state index contributed by atoms with van der Waals surface area (Å²) in [6.45, 7) is 2.13. The topological polar surface area (TPSA) is 90.7 Å². The quantitative estimate of drug-likeness (QED) is 0.392. The summed E-state index contributed by atoms with van der Waals surface area (Å²) >= 11 is 0. The van der Waals surface area contributed by atoms with Crippen molar-refractivity contribution in [1.82, 2.24) is 4.98 Å². The molecule has 1 amide bonds. The van der Waals surface area contributed by atoms with Crippen molar-refractivity contribution in [3.63, 3.8) is 0 Å². The number of carbonyl (C=O) groups excluding carboxylic acids is 2. The van der Waals surface area contributed by atoms with Crippen LogP contribution in [0.15, 0.2) is 83.3 Å². The van der Waals surface area contributed by atoms with Crippen LogP contribution >= 0.6 is 0 Å². The first-order valence-electron chi connectivity index (χ1n) is 10.3. The van der Waals surface area contributed by atoms with Crippen LogP contribution in [0.25, 0.3) is 11.5 Å². The lowest BCUT2D eigenvalue weighted by Crippen LogP contribution is -2.15. The van der Waals surface area contributed by atoms with Crippen molar-refractivity contribution in [3.05, 3.63) is 101 Å². The highest BCUT2D eigenvalue weighted by atomic mass is 16.5. The fourth-order valence-corrected chi connectivity index (χ4v) is 3.19. The minimum absolute atomic E-state index is 0.283. The number of oxazole rings is 1. The fraction of sp³-hybridized carbons (Fsp3) is 0.115. The van der Waals surface area contributed by atoms with Crippen LogP contribution in [-0.2, 0) is 11.3 Å². The summed E-state index contributed by atoms with van der Waals surface area (Å²) in [4.78, 5) is 29.1. The van der Waals surface area contributed by atoms with E-state index in [-0.39, 0.29) is 11.5 Å². The molecule has 1 aromatic heterocycles. The van der Waals surface area contributed by atoms with Crippen molar-refractivity contribution in [2.45, 2.75) is 13.5 Å². The van der Waals surface area contributed by atoms with Crippen LogP contribution in [0.1, 0.15) is 32.2 Å². The predicted octanol–water partition coefficient (Wildman–Crippen LogP) is 5.27. The fourth-order valence-electron chi connectivity index (χ4n) is 3.19. The molecule has 0 saturated carbocycles. The molecule has 0 bridgehead atoms. The van der Waals surface area contributed by atoms with Crippen molar-refractivity contribution < 1.29 is 23.5 Å². The molecule has 4 aromatic rings. The SMILES string of the molecule is COC(=O)c1ccccc1NC(=O)c1ccc(-c2nc(COc3ccccc3)c(C)o2)cc1. The van der Waals surface area contributed by atoms with Gasteiger partial charge in [-0.05, 0) is 55.5 Å². The number of ether oxygens (including phenoxy) is 2. The van der Waals surface area contributed by atoms with Crippen LogP contribution in [0.5, 0.6) is 5.75 Å². The zero-order valence-corrected chi connectivity index (χ0v) is 18.2. The predicted molar refractivity (Wildman–Crippen MR) is 123 cm³/mol. The Kier molecular flexibility index (Phi) is 6.50. The second-order valence-corrected chi connectivity index (χ2v) is 7.19. The van der Waals surface area contributed by atoms with E-state index < -0.39 is 5.97 Å². The van der Waals surface area contributed by atoms with Gasteiger partial charge >= 0.3 is 5.97 Å². The summed E-state index contributed by atoms with van der Waals surface area (Å²) in [6.07, 6.45) is 0. The molecule has 166 valence electrons. The Morgan fingerprint density at radius 3 is 2.36 bits per heavy atom. The number of aromatic nitrogens is 1. The zero-order valence-electron chi connectivity index (χ0n) is 18.2. The minimum atomic E-state index is -0.521. The van der Waals surface area contributed by atoms with Crippen molar-refractivity contribution in [1.29, 1.82) is 0 Å². The number of aryl methyl sites for hydroxylation is 1. The Balaban J connectivity index is 1.45. The number of benzene rings is 3. The first-order chi connectivity index (χ1) is 16.0. The molecule has 7 heteroatoms. The van der Waals surface area contributed by atoms with Crippen molar-refractivity contribution >= 4 is 17.6 Å². The van der Waals surface area contributed by atoms with Gasteiger partial charge in [0.05, 0.1) is 18.4 Å². The molecule has 0 radical (unpaired) electrons. The van der Waals surface area contributed by atoms with E-state index in [1.165, 1.54) is 7.11 Å². The van der Waals surface area contributed by atoms with E-state index in [1.807, 2.05) is 37.3 Å². The lowest BCUT2D eigenvalue weighted by molar-refractivity contribution is 0.0602. The lowest BCUT2D eigenvalue weighted by atomic mass is 10.1. The normalized spacial score (nSPS) is 10.5. The van der Waals surface area contributed by atoms with E-state index in [4.69, 9.17) is 13.9 Å². The maximum absolute atomic E-state index is 12.7. The maximum atomic E-state index is 12.7. The average molecular weight is 442 g/mol. The largest absolute Gasteiger partial charge is 0.487 e. The summed E-state index contributed by atoms with van der Waals surface area (Å²) in [6, 6.07) is 23.0. The molecule has 4 rings (SSSR count). The monoisotopic (exact) mass is 442 g/mol. The summed E-state index contributed by atoms with van der Waals surface area (Å²) in [5.41, 5.74) is 2.52. The molecule has 0 aliphatic heterocycles. The number of nitrogens with one attached hydrogen (secondary N) is 1. The molecule has 3 aromatic carbocycles. The summed E-state index contributed by atoms with van der Waals surface area (Å²) < 4.78 is 16.3. The number of rotatable bonds is 7. The van der Waals surface area contributed by atoms with E-state index in [0.29, 0.717) is 35.2 Å². The van der Waals surface area contributed by atoms with Gasteiger partial charge in [-0.2, -0.15) is 0 Å². The number of nitrogens with zero attached hydrogens (tertiary/aromatic N) is 1. The van der Waals surface area contributed by atoms with E-state index in [0.717, 1.165) is 11.3 Å². The molecular weight excluding hydrogens is 420 g/mol. The van der Waals surface area contributed by atoms with Gasteiger partial charge in [-0.25, -0.2) is 9.78 Å². The van der Waals surface area contributed by atoms with Crippen LogP contribution in [0, 0.1) is 6.92 Å². The van der Waals surface area contributed by atoms with Crippen molar-refractivity contribution in [2.24, 2.45) is 0 Å². The molecule has 0 spiro atoms. The van der Waals surface area contributed by atoms with Gasteiger partial charge in [0.2, 0.25) is 5.89 Å². The smallest absolute Gasteiger partial charge is 0.339 e. The van der Waals surface area contributed by atoms with Crippen LogP contribution in [-0.4, -0.2) is 24.0 Å². The Hall–Kier alpha value is -4.39. The molecule has 1 heterocycles. The van der Waals surface area contributed by atoms with E-state index in [2.05, 4.69) is 10.3 Å². The van der Waals surface area contributed by atoms with Gasteiger partial charge in [0.15, 0.2) is 0 Å². The molecular formula is C26H22N2O5. The van der Waals surface area contributed by atoms with Gasteiger partial charge in [-0.1, -0.05) is 30.3 Å². The lowest BCUT2D eigenvalue weighted by Gasteiger charge is -2.09. The molecule has 0 saturated heterocycles. The number of carbonyl (C=O) groups is 2. The van der Waals surface area contributed by atoms with Crippen molar-refractivity contribution in [3.8, 4) is 17.2 Å². The molecule has 1 N–H and O–H groups in total. The minimum Gasteiger partial charge on any atom is -0.487 e. The third-order valence-corrected chi connectivity index (χ3v) is 4.99. The number of anilines is 1. The van der Waals surface area contributed by atoms with Crippen LogP contribution < -0.4 is 10.1 Å². The average Bonchev–Trinajstić information content (AvgIpc) is 3.23. The van der Waals surface area contributed by atoms with Gasteiger partial charge in [0.1, 0.15) is 23.8 Å². The van der Waals surface area contributed by atoms with Crippen LogP contribution in [0.3, 0.4) is 0 Å². The highest BCUT2D eigenvalue weighted by Gasteiger charge is 2.16. The number of methoxy groups -OCH3 is 1. The van der Waals surface area contributed by atoms with Gasteiger partial charge in [-0.15, -0.1) is 0 Å². The van der Waals surface area contributed by atoms with E-state index >= 15 is 0 Å². The third-order valence-electron chi connectivity index (χ3n) is 4.99. The Labute approximate surface area is 191 Å². The molecule has 0 atom stereocenters. The Morgan fingerprint density at radius 1 is 0.939 bits per heavy atom. The molecule has 0 aliphatic carbocycles. The number of hydrogen-bond acceptors (Lipinski definition) is 6. The van der Waals surface area contributed by atoms with Gasteiger partial charge in [0, 0.05) is 11.1 Å². The third kappa shape index (κ3) is 5.10.